The fraction of sp³-hybridized carbons (Fsp3) is 0.385. The third-order valence-corrected chi connectivity index (χ3v) is 2.94. The van der Waals surface area contributed by atoms with Gasteiger partial charge in [0.25, 0.3) is 0 Å². The summed E-state index contributed by atoms with van der Waals surface area (Å²) >= 11 is 0. The number of hydrogen-bond acceptors (Lipinski definition) is 4. The first kappa shape index (κ1) is 12.6. The zero-order valence-electron chi connectivity index (χ0n) is 10.3. The minimum Gasteiger partial charge on any atom is -0.478 e. The molecule has 1 aliphatic rings. The summed E-state index contributed by atoms with van der Waals surface area (Å²) < 4.78 is 5.12. The van der Waals surface area contributed by atoms with Gasteiger partial charge < -0.3 is 14.7 Å². The molecule has 0 bridgehead atoms. The van der Waals surface area contributed by atoms with Crippen molar-refractivity contribution in [1.82, 2.24) is 0 Å². The summed E-state index contributed by atoms with van der Waals surface area (Å²) in [6, 6.07) is 7.61. The van der Waals surface area contributed by atoms with Gasteiger partial charge in [-0.25, -0.2) is 4.79 Å². The van der Waals surface area contributed by atoms with Crippen LogP contribution in [0.1, 0.15) is 24.5 Å². The Labute approximate surface area is 105 Å². The van der Waals surface area contributed by atoms with Gasteiger partial charge in [0, 0.05) is 19.1 Å². The lowest BCUT2D eigenvalue weighted by atomic mass is 9.94. The normalized spacial score (nSPS) is 22.4. The van der Waals surface area contributed by atoms with Gasteiger partial charge >= 0.3 is 5.97 Å². The fourth-order valence-electron chi connectivity index (χ4n) is 1.88. The number of rotatable bonds is 4. The average molecular weight is 249 g/mol. The van der Waals surface area contributed by atoms with E-state index in [1.54, 1.807) is 7.11 Å². The minimum atomic E-state index is -1.27. The Balaban J connectivity index is 2.27. The molecule has 2 rings (SSSR count). The summed E-state index contributed by atoms with van der Waals surface area (Å²) in [4.78, 5) is 16.1. The number of carboxylic acid groups (broad SMARTS) is 1. The summed E-state index contributed by atoms with van der Waals surface area (Å²) in [7, 11) is 1.62. The second-order valence-electron chi connectivity index (χ2n) is 4.43. The third-order valence-electron chi connectivity index (χ3n) is 2.94. The Kier molecular flexibility index (Phi) is 3.34. The molecule has 0 radical (unpaired) electrons. The molecule has 1 atom stereocenters. The quantitative estimate of drug-likeness (QED) is 0.883. The van der Waals surface area contributed by atoms with E-state index < -0.39 is 11.6 Å². The van der Waals surface area contributed by atoms with Crippen molar-refractivity contribution < 1.29 is 19.5 Å². The Hall–Kier alpha value is -1.88. The molecule has 0 aliphatic carbocycles. The highest BCUT2D eigenvalue weighted by atomic mass is 16.7. The molecule has 0 spiro atoms. The third kappa shape index (κ3) is 2.22. The smallest absolute Gasteiger partial charge is 0.351 e. The maximum Gasteiger partial charge on any atom is 0.351 e. The van der Waals surface area contributed by atoms with E-state index >= 15 is 0 Å². The van der Waals surface area contributed by atoms with Crippen LogP contribution in [-0.4, -0.2) is 29.5 Å². The molecular formula is C13H15NO4. The van der Waals surface area contributed by atoms with Gasteiger partial charge in [0.05, 0.1) is 12.3 Å². The van der Waals surface area contributed by atoms with Crippen LogP contribution in [0.2, 0.25) is 0 Å². The van der Waals surface area contributed by atoms with Crippen LogP contribution in [0.15, 0.2) is 29.4 Å². The SMILES string of the molecule is COCc1ccccc1C1=NOC(C)(C(=O)O)C1. The molecule has 1 aromatic rings. The first-order chi connectivity index (χ1) is 8.57. The summed E-state index contributed by atoms with van der Waals surface area (Å²) in [5, 5.41) is 13.0. The molecular weight excluding hydrogens is 234 g/mol. The lowest BCUT2D eigenvalue weighted by Crippen LogP contribution is -2.35. The minimum absolute atomic E-state index is 0.253. The standard InChI is InChI=1S/C13H15NO4/c1-13(12(15)16)7-11(14-18-13)10-6-4-3-5-9(10)8-17-2/h3-6H,7-8H2,1-2H3,(H,15,16). The zero-order valence-corrected chi connectivity index (χ0v) is 10.3. The van der Waals surface area contributed by atoms with E-state index in [9.17, 15) is 4.79 Å². The number of carboxylic acids is 1. The van der Waals surface area contributed by atoms with Crippen molar-refractivity contribution in [3.05, 3.63) is 35.4 Å². The number of hydrogen-bond donors (Lipinski definition) is 1. The summed E-state index contributed by atoms with van der Waals surface area (Å²) in [6.45, 7) is 1.98. The topological polar surface area (TPSA) is 68.1 Å². The highest BCUT2D eigenvalue weighted by Crippen LogP contribution is 2.28. The number of benzene rings is 1. The number of carbonyl (C=O) groups is 1. The van der Waals surface area contributed by atoms with Crippen molar-refractivity contribution >= 4 is 11.7 Å². The largest absolute Gasteiger partial charge is 0.478 e. The molecule has 0 saturated carbocycles. The molecule has 0 saturated heterocycles. The van der Waals surface area contributed by atoms with Gasteiger partial charge in [0.2, 0.25) is 5.60 Å². The molecule has 18 heavy (non-hydrogen) atoms. The Morgan fingerprint density at radius 3 is 2.89 bits per heavy atom. The lowest BCUT2D eigenvalue weighted by Gasteiger charge is -2.15. The zero-order chi connectivity index (χ0) is 13.2. The highest BCUT2D eigenvalue weighted by molar-refractivity contribution is 6.05. The van der Waals surface area contributed by atoms with Crippen LogP contribution in [0, 0.1) is 0 Å². The Morgan fingerprint density at radius 2 is 2.28 bits per heavy atom. The van der Waals surface area contributed by atoms with Gasteiger partial charge in [-0.3, -0.25) is 0 Å². The molecule has 1 unspecified atom stereocenters. The van der Waals surface area contributed by atoms with E-state index in [0.29, 0.717) is 12.3 Å². The molecule has 0 amide bonds. The molecule has 0 fully saturated rings. The summed E-state index contributed by atoms with van der Waals surface area (Å²) in [5.41, 5.74) is 1.23. The predicted molar refractivity (Wildman–Crippen MR) is 65.4 cm³/mol. The van der Waals surface area contributed by atoms with Crippen LogP contribution in [0.4, 0.5) is 0 Å². The van der Waals surface area contributed by atoms with Crippen molar-refractivity contribution in [2.75, 3.05) is 7.11 Å². The van der Waals surface area contributed by atoms with E-state index in [1.165, 1.54) is 6.92 Å². The van der Waals surface area contributed by atoms with Crippen LogP contribution >= 0.6 is 0 Å². The number of methoxy groups -OCH3 is 1. The number of ether oxygens (including phenoxy) is 1. The van der Waals surface area contributed by atoms with E-state index in [4.69, 9.17) is 14.7 Å². The van der Waals surface area contributed by atoms with E-state index in [0.717, 1.165) is 11.1 Å². The van der Waals surface area contributed by atoms with Crippen LogP contribution in [0.3, 0.4) is 0 Å². The molecule has 5 heteroatoms. The van der Waals surface area contributed by atoms with Crippen LogP contribution in [-0.2, 0) is 21.0 Å². The Morgan fingerprint density at radius 1 is 1.56 bits per heavy atom. The second kappa shape index (κ2) is 4.78. The predicted octanol–water partition coefficient (Wildman–Crippen LogP) is 1.80. The summed E-state index contributed by atoms with van der Waals surface area (Å²) in [6.07, 6.45) is 0.253. The van der Waals surface area contributed by atoms with Gasteiger partial charge in [-0.1, -0.05) is 29.4 Å². The number of aliphatic carboxylic acids is 1. The maximum absolute atomic E-state index is 11.1. The van der Waals surface area contributed by atoms with Crippen LogP contribution in [0.25, 0.3) is 0 Å². The summed E-state index contributed by atoms with van der Waals surface area (Å²) in [5.74, 6) is -1.01. The Bertz CT molecular complexity index is 498. The van der Waals surface area contributed by atoms with Crippen LogP contribution < -0.4 is 0 Å². The molecule has 1 heterocycles. The lowest BCUT2D eigenvalue weighted by molar-refractivity contribution is -0.160. The number of oxime groups is 1. The molecule has 1 N–H and O–H groups in total. The first-order valence-electron chi connectivity index (χ1n) is 5.62. The first-order valence-corrected chi connectivity index (χ1v) is 5.62. The number of nitrogens with zero attached hydrogens (tertiary/aromatic N) is 1. The second-order valence-corrected chi connectivity index (χ2v) is 4.43. The highest BCUT2D eigenvalue weighted by Gasteiger charge is 2.42. The van der Waals surface area contributed by atoms with Crippen molar-refractivity contribution in [2.24, 2.45) is 5.16 Å². The molecule has 5 nitrogen and oxygen atoms in total. The van der Waals surface area contributed by atoms with E-state index in [-0.39, 0.29) is 6.42 Å². The molecule has 0 aromatic heterocycles. The molecule has 96 valence electrons. The fourth-order valence-corrected chi connectivity index (χ4v) is 1.88. The van der Waals surface area contributed by atoms with E-state index in [1.807, 2.05) is 24.3 Å². The van der Waals surface area contributed by atoms with Crippen molar-refractivity contribution in [1.29, 1.82) is 0 Å². The van der Waals surface area contributed by atoms with Gasteiger partial charge in [0.1, 0.15) is 0 Å². The molecule has 1 aromatic carbocycles. The molecule has 1 aliphatic heterocycles. The van der Waals surface area contributed by atoms with Gasteiger partial charge in [0.15, 0.2) is 0 Å². The van der Waals surface area contributed by atoms with E-state index in [2.05, 4.69) is 5.16 Å². The van der Waals surface area contributed by atoms with Gasteiger partial charge in [-0.2, -0.15) is 0 Å². The van der Waals surface area contributed by atoms with Crippen LogP contribution in [0.5, 0.6) is 0 Å². The van der Waals surface area contributed by atoms with Crippen molar-refractivity contribution in [3.63, 3.8) is 0 Å². The monoisotopic (exact) mass is 249 g/mol. The van der Waals surface area contributed by atoms with Crippen molar-refractivity contribution in [2.45, 2.75) is 25.6 Å². The van der Waals surface area contributed by atoms with Gasteiger partial charge in [-0.15, -0.1) is 0 Å². The van der Waals surface area contributed by atoms with Crippen molar-refractivity contribution in [3.8, 4) is 0 Å². The average Bonchev–Trinajstić information content (AvgIpc) is 2.74. The van der Waals surface area contributed by atoms with Gasteiger partial charge in [-0.05, 0) is 12.5 Å². The maximum atomic E-state index is 11.1.